The van der Waals surface area contributed by atoms with Crippen LogP contribution in [0.4, 0.5) is 5.69 Å². The first-order chi connectivity index (χ1) is 11.5. The van der Waals surface area contributed by atoms with Gasteiger partial charge in [0.05, 0.1) is 0 Å². The molecule has 1 aromatic rings. The fourth-order valence-corrected chi connectivity index (χ4v) is 2.64. The molecule has 1 heterocycles. The number of anilines is 1. The van der Waals surface area contributed by atoms with Crippen LogP contribution in [-0.4, -0.2) is 37.0 Å². The van der Waals surface area contributed by atoms with E-state index in [9.17, 15) is 9.59 Å². The van der Waals surface area contributed by atoms with E-state index in [1.807, 2.05) is 26.0 Å². The summed E-state index contributed by atoms with van der Waals surface area (Å²) < 4.78 is 5.54. The molecule has 0 atom stereocenters. The van der Waals surface area contributed by atoms with Crippen LogP contribution in [0.15, 0.2) is 24.3 Å². The van der Waals surface area contributed by atoms with Crippen LogP contribution >= 0.6 is 0 Å². The van der Waals surface area contributed by atoms with Crippen LogP contribution in [0.1, 0.15) is 39.5 Å². The summed E-state index contributed by atoms with van der Waals surface area (Å²) in [5, 5.41) is 2.82. The fourth-order valence-electron chi connectivity index (χ4n) is 2.64. The molecule has 6 heteroatoms. The molecule has 3 N–H and O–H groups in total. The van der Waals surface area contributed by atoms with Crippen molar-refractivity contribution in [3.63, 3.8) is 0 Å². The Hall–Kier alpha value is -2.08. The Kier molecular flexibility index (Phi) is 6.20. The first kappa shape index (κ1) is 18.3. The van der Waals surface area contributed by atoms with Gasteiger partial charge in [0.25, 0.3) is 5.91 Å². The zero-order valence-corrected chi connectivity index (χ0v) is 14.5. The first-order valence-corrected chi connectivity index (χ1v) is 8.56. The number of carbonyl (C=O) groups is 2. The minimum Gasteiger partial charge on any atom is -0.484 e. The van der Waals surface area contributed by atoms with Crippen molar-refractivity contribution in [2.45, 2.75) is 45.1 Å². The molecule has 0 unspecified atom stereocenters. The number of benzene rings is 1. The number of hydrogen-bond donors (Lipinski definition) is 2. The van der Waals surface area contributed by atoms with Crippen LogP contribution in [0.25, 0.3) is 0 Å². The highest BCUT2D eigenvalue weighted by Crippen LogP contribution is 2.25. The van der Waals surface area contributed by atoms with E-state index in [1.54, 1.807) is 17.0 Å². The maximum Gasteiger partial charge on any atom is 0.258 e. The molecule has 132 valence electrons. The lowest BCUT2D eigenvalue weighted by Gasteiger charge is -2.26. The molecule has 0 spiro atoms. The molecular formula is C18H27N3O3. The maximum absolute atomic E-state index is 11.9. The highest BCUT2D eigenvalue weighted by atomic mass is 16.5. The Balaban J connectivity index is 1.86. The third-order valence-corrected chi connectivity index (χ3v) is 4.62. The summed E-state index contributed by atoms with van der Waals surface area (Å²) in [5.41, 5.74) is 6.61. The topological polar surface area (TPSA) is 84.7 Å². The van der Waals surface area contributed by atoms with Crippen LogP contribution < -0.4 is 20.7 Å². The van der Waals surface area contributed by atoms with E-state index in [1.165, 1.54) is 0 Å². The number of rotatable bonds is 8. The molecule has 1 aliphatic heterocycles. The molecule has 6 nitrogen and oxygen atoms in total. The molecule has 0 aliphatic carbocycles. The van der Waals surface area contributed by atoms with E-state index in [0.29, 0.717) is 18.7 Å². The van der Waals surface area contributed by atoms with Gasteiger partial charge in [-0.25, -0.2) is 0 Å². The zero-order valence-electron chi connectivity index (χ0n) is 14.5. The van der Waals surface area contributed by atoms with E-state index < -0.39 is 0 Å². The first-order valence-electron chi connectivity index (χ1n) is 8.56. The van der Waals surface area contributed by atoms with Gasteiger partial charge in [-0.15, -0.1) is 0 Å². The van der Waals surface area contributed by atoms with Crippen molar-refractivity contribution in [1.29, 1.82) is 0 Å². The molecule has 0 bridgehead atoms. The van der Waals surface area contributed by atoms with Crippen LogP contribution in [0.2, 0.25) is 0 Å². The molecule has 0 saturated carbocycles. The number of nitrogens with zero attached hydrogens (tertiary/aromatic N) is 1. The van der Waals surface area contributed by atoms with Crippen molar-refractivity contribution in [2.24, 2.45) is 5.73 Å². The second-order valence-corrected chi connectivity index (χ2v) is 6.28. The highest BCUT2D eigenvalue weighted by Gasteiger charge is 2.22. The molecule has 0 radical (unpaired) electrons. The number of nitrogens with one attached hydrogen (secondary N) is 1. The molecule has 1 fully saturated rings. The van der Waals surface area contributed by atoms with Crippen LogP contribution in [0.5, 0.6) is 5.75 Å². The Bertz CT molecular complexity index is 585. The van der Waals surface area contributed by atoms with Crippen LogP contribution in [0, 0.1) is 0 Å². The predicted octanol–water partition coefficient (Wildman–Crippen LogP) is 1.83. The van der Waals surface area contributed by atoms with Crippen LogP contribution in [0.3, 0.4) is 0 Å². The second-order valence-electron chi connectivity index (χ2n) is 6.28. The van der Waals surface area contributed by atoms with E-state index >= 15 is 0 Å². The minimum absolute atomic E-state index is 0.0685. The van der Waals surface area contributed by atoms with Gasteiger partial charge in [0.15, 0.2) is 6.61 Å². The molecule has 1 saturated heterocycles. The SMILES string of the molecule is CCC(N)(CC)CNC(=O)COc1cccc(N2CCCC2=O)c1. The summed E-state index contributed by atoms with van der Waals surface area (Å²) in [6, 6.07) is 7.28. The Morgan fingerprint density at radius 1 is 1.38 bits per heavy atom. The Morgan fingerprint density at radius 2 is 2.12 bits per heavy atom. The van der Waals surface area contributed by atoms with Crippen molar-refractivity contribution in [1.82, 2.24) is 5.32 Å². The van der Waals surface area contributed by atoms with E-state index in [0.717, 1.165) is 31.5 Å². The van der Waals surface area contributed by atoms with Crippen molar-refractivity contribution in [2.75, 3.05) is 24.6 Å². The molecular weight excluding hydrogens is 306 g/mol. The van der Waals surface area contributed by atoms with Gasteiger partial charge in [0.2, 0.25) is 5.91 Å². The monoisotopic (exact) mass is 333 g/mol. The summed E-state index contributed by atoms with van der Waals surface area (Å²) in [5.74, 6) is 0.505. The largest absolute Gasteiger partial charge is 0.484 e. The summed E-state index contributed by atoms with van der Waals surface area (Å²) >= 11 is 0. The summed E-state index contributed by atoms with van der Waals surface area (Å²) in [6.45, 7) is 5.12. The quantitative estimate of drug-likeness (QED) is 0.760. The van der Waals surface area contributed by atoms with E-state index in [2.05, 4.69) is 5.32 Å². The summed E-state index contributed by atoms with van der Waals surface area (Å²) in [4.78, 5) is 25.5. The normalized spacial score (nSPS) is 14.8. The molecule has 2 amide bonds. The lowest BCUT2D eigenvalue weighted by molar-refractivity contribution is -0.123. The molecule has 24 heavy (non-hydrogen) atoms. The van der Waals surface area contributed by atoms with Gasteiger partial charge in [-0.3, -0.25) is 9.59 Å². The zero-order chi connectivity index (χ0) is 17.6. The number of nitrogens with two attached hydrogens (primary N) is 1. The standard InChI is InChI=1S/C18H27N3O3/c1-3-18(19,4-2)13-20-16(22)12-24-15-8-5-7-14(11-15)21-10-6-9-17(21)23/h5,7-8,11H,3-4,6,9-10,12-13,19H2,1-2H3,(H,20,22). The molecule has 0 aromatic heterocycles. The van der Waals surface area contributed by atoms with Gasteiger partial charge in [-0.05, 0) is 31.4 Å². The van der Waals surface area contributed by atoms with Gasteiger partial charge in [-0.1, -0.05) is 19.9 Å². The molecule has 2 rings (SSSR count). The number of amides is 2. The number of ether oxygens (including phenoxy) is 1. The van der Waals surface area contributed by atoms with Crippen molar-refractivity contribution >= 4 is 17.5 Å². The highest BCUT2D eigenvalue weighted by molar-refractivity contribution is 5.95. The average Bonchev–Trinajstić information content (AvgIpc) is 3.04. The molecule has 1 aliphatic rings. The lowest BCUT2D eigenvalue weighted by atomic mass is 9.94. The van der Waals surface area contributed by atoms with E-state index in [4.69, 9.17) is 10.5 Å². The summed E-state index contributed by atoms with van der Waals surface area (Å²) in [7, 11) is 0. The Labute approximate surface area is 143 Å². The van der Waals surface area contributed by atoms with Gasteiger partial charge < -0.3 is 20.7 Å². The van der Waals surface area contributed by atoms with E-state index in [-0.39, 0.29) is 24.0 Å². The number of carbonyl (C=O) groups excluding carboxylic acids is 2. The van der Waals surface area contributed by atoms with Gasteiger partial charge in [-0.2, -0.15) is 0 Å². The van der Waals surface area contributed by atoms with Gasteiger partial charge in [0, 0.05) is 36.8 Å². The smallest absolute Gasteiger partial charge is 0.258 e. The average molecular weight is 333 g/mol. The fraction of sp³-hybridized carbons (Fsp3) is 0.556. The second kappa shape index (κ2) is 8.15. The maximum atomic E-state index is 11.9. The number of hydrogen-bond acceptors (Lipinski definition) is 4. The Morgan fingerprint density at radius 3 is 2.75 bits per heavy atom. The minimum atomic E-state index is -0.369. The third kappa shape index (κ3) is 4.71. The lowest BCUT2D eigenvalue weighted by Crippen LogP contribution is -2.50. The van der Waals surface area contributed by atoms with Crippen LogP contribution in [-0.2, 0) is 9.59 Å². The predicted molar refractivity (Wildman–Crippen MR) is 94.0 cm³/mol. The van der Waals surface area contributed by atoms with Crippen molar-refractivity contribution in [3.8, 4) is 5.75 Å². The molecule has 1 aromatic carbocycles. The van der Waals surface area contributed by atoms with Crippen molar-refractivity contribution in [3.05, 3.63) is 24.3 Å². The van der Waals surface area contributed by atoms with Gasteiger partial charge >= 0.3 is 0 Å². The van der Waals surface area contributed by atoms with Crippen molar-refractivity contribution < 1.29 is 14.3 Å². The summed E-state index contributed by atoms with van der Waals surface area (Å²) in [6.07, 6.45) is 3.07. The third-order valence-electron chi connectivity index (χ3n) is 4.62. The van der Waals surface area contributed by atoms with Gasteiger partial charge in [0.1, 0.15) is 5.75 Å².